The van der Waals surface area contributed by atoms with Crippen LogP contribution in [0.2, 0.25) is 0 Å². The molecule has 0 atom stereocenters. The quantitative estimate of drug-likeness (QED) is 0.702. The van der Waals surface area contributed by atoms with Gasteiger partial charge in [-0.1, -0.05) is 30.3 Å². The molecule has 0 spiro atoms. The predicted octanol–water partition coefficient (Wildman–Crippen LogP) is 5.02. The lowest BCUT2D eigenvalue weighted by Crippen LogP contribution is -2.76. The standard InChI is InChI=1S/C23H25N3OS/c1-21(2,3)28-26-19-10-9-16(12-24)11-18(19)20(27)25-23-13-22(14-23,15-23)17-7-5-4-6-8-17/h4-11,26H,13-15H2,1-3H3,(H,25,27). The van der Waals surface area contributed by atoms with Crippen molar-refractivity contribution < 1.29 is 4.79 Å². The van der Waals surface area contributed by atoms with E-state index in [2.05, 4.69) is 61.1 Å². The van der Waals surface area contributed by atoms with Crippen LogP contribution in [0.25, 0.3) is 0 Å². The fourth-order valence-corrected chi connectivity index (χ4v) is 5.02. The van der Waals surface area contributed by atoms with Gasteiger partial charge in [0.2, 0.25) is 0 Å². The van der Waals surface area contributed by atoms with E-state index in [-0.39, 0.29) is 21.6 Å². The summed E-state index contributed by atoms with van der Waals surface area (Å²) in [5.41, 5.74) is 3.31. The molecule has 0 radical (unpaired) electrons. The van der Waals surface area contributed by atoms with Crippen LogP contribution in [-0.4, -0.2) is 16.2 Å². The molecule has 3 fully saturated rings. The van der Waals surface area contributed by atoms with Crippen molar-refractivity contribution in [3.05, 3.63) is 65.2 Å². The minimum Gasteiger partial charge on any atom is -0.346 e. The molecule has 0 unspecified atom stereocenters. The highest BCUT2D eigenvalue weighted by Crippen LogP contribution is 2.67. The molecule has 2 aromatic carbocycles. The van der Waals surface area contributed by atoms with Crippen molar-refractivity contribution >= 4 is 23.5 Å². The first-order valence-corrected chi connectivity index (χ1v) is 10.4. The molecule has 2 N–H and O–H groups in total. The van der Waals surface area contributed by atoms with Gasteiger partial charge >= 0.3 is 0 Å². The van der Waals surface area contributed by atoms with Crippen molar-refractivity contribution in [1.29, 1.82) is 5.26 Å². The molecule has 0 saturated heterocycles. The van der Waals surface area contributed by atoms with Crippen molar-refractivity contribution in [2.75, 3.05) is 4.72 Å². The van der Waals surface area contributed by atoms with Crippen LogP contribution in [0, 0.1) is 11.3 Å². The summed E-state index contributed by atoms with van der Waals surface area (Å²) in [5, 5.41) is 12.5. The Balaban J connectivity index is 1.48. The lowest BCUT2D eigenvalue weighted by molar-refractivity contribution is -0.0807. The molecule has 2 aromatic rings. The van der Waals surface area contributed by atoms with Crippen LogP contribution < -0.4 is 10.0 Å². The normalized spacial score (nSPS) is 25.1. The Kier molecular flexibility index (Phi) is 4.43. The summed E-state index contributed by atoms with van der Waals surface area (Å²) < 4.78 is 3.31. The monoisotopic (exact) mass is 391 g/mol. The van der Waals surface area contributed by atoms with Gasteiger partial charge in [0.05, 0.1) is 22.9 Å². The van der Waals surface area contributed by atoms with Crippen LogP contribution >= 0.6 is 11.9 Å². The SMILES string of the molecule is CC(C)(C)SNc1ccc(C#N)cc1C(=O)NC12CC(c3ccccc3)(C1)C2. The van der Waals surface area contributed by atoms with E-state index >= 15 is 0 Å². The van der Waals surface area contributed by atoms with Crippen molar-refractivity contribution in [2.45, 2.75) is 55.7 Å². The minimum absolute atomic E-state index is 0.0115. The summed E-state index contributed by atoms with van der Waals surface area (Å²) in [7, 11) is 0. The van der Waals surface area contributed by atoms with Gasteiger partial charge in [0.25, 0.3) is 5.91 Å². The van der Waals surface area contributed by atoms with E-state index < -0.39 is 0 Å². The largest absolute Gasteiger partial charge is 0.346 e. The Hall–Kier alpha value is -2.45. The van der Waals surface area contributed by atoms with E-state index in [4.69, 9.17) is 0 Å². The lowest BCUT2D eigenvalue weighted by Gasteiger charge is -2.71. The van der Waals surface area contributed by atoms with Gasteiger partial charge in [0, 0.05) is 15.7 Å². The van der Waals surface area contributed by atoms with Crippen LogP contribution in [0.4, 0.5) is 5.69 Å². The Labute approximate surface area is 170 Å². The highest BCUT2D eigenvalue weighted by Gasteiger charge is 2.68. The zero-order valence-corrected chi connectivity index (χ0v) is 17.3. The highest BCUT2D eigenvalue weighted by molar-refractivity contribution is 8.01. The number of carbonyl (C=O) groups excluding carboxylic acids is 1. The number of hydrogen-bond donors (Lipinski definition) is 2. The molecule has 4 nitrogen and oxygen atoms in total. The number of benzene rings is 2. The molecule has 3 saturated carbocycles. The second-order valence-electron chi connectivity index (χ2n) is 9.10. The highest BCUT2D eigenvalue weighted by atomic mass is 32.2. The second kappa shape index (κ2) is 6.56. The van der Waals surface area contributed by atoms with Gasteiger partial charge in [-0.05, 0) is 75.7 Å². The Morgan fingerprint density at radius 2 is 1.79 bits per heavy atom. The number of anilines is 1. The summed E-state index contributed by atoms with van der Waals surface area (Å²) >= 11 is 1.56. The van der Waals surface area contributed by atoms with E-state index in [1.54, 1.807) is 24.1 Å². The van der Waals surface area contributed by atoms with Gasteiger partial charge < -0.3 is 10.0 Å². The average molecular weight is 392 g/mol. The number of nitrogens with zero attached hydrogens (tertiary/aromatic N) is 1. The molecular formula is C23H25N3OS. The maximum absolute atomic E-state index is 13.1. The molecule has 28 heavy (non-hydrogen) atoms. The lowest BCUT2D eigenvalue weighted by atomic mass is 9.37. The van der Waals surface area contributed by atoms with Crippen molar-refractivity contribution in [1.82, 2.24) is 5.32 Å². The van der Waals surface area contributed by atoms with E-state index in [9.17, 15) is 10.1 Å². The molecule has 3 aliphatic carbocycles. The Bertz CT molecular complexity index is 936. The van der Waals surface area contributed by atoms with E-state index in [1.165, 1.54) is 5.56 Å². The molecule has 5 heteroatoms. The number of carbonyl (C=O) groups is 1. The first-order chi connectivity index (χ1) is 13.2. The summed E-state index contributed by atoms with van der Waals surface area (Å²) in [5.74, 6) is -0.101. The van der Waals surface area contributed by atoms with E-state index in [0.717, 1.165) is 24.9 Å². The third kappa shape index (κ3) is 3.38. The number of rotatable bonds is 5. The molecule has 2 bridgehead atoms. The maximum Gasteiger partial charge on any atom is 0.253 e. The first-order valence-electron chi connectivity index (χ1n) is 9.61. The summed E-state index contributed by atoms with van der Waals surface area (Å²) in [6.07, 6.45) is 2.98. The molecule has 0 heterocycles. The van der Waals surface area contributed by atoms with Gasteiger partial charge in [-0.2, -0.15) is 5.26 Å². The van der Waals surface area contributed by atoms with E-state index in [0.29, 0.717) is 11.1 Å². The van der Waals surface area contributed by atoms with Gasteiger partial charge in [-0.25, -0.2) is 0 Å². The van der Waals surface area contributed by atoms with Crippen molar-refractivity contribution in [3.63, 3.8) is 0 Å². The molecular weight excluding hydrogens is 366 g/mol. The number of amides is 1. The fraction of sp³-hybridized carbons (Fsp3) is 0.391. The Morgan fingerprint density at radius 3 is 2.39 bits per heavy atom. The van der Waals surface area contributed by atoms with Crippen LogP contribution in [0.5, 0.6) is 0 Å². The summed E-state index contributed by atoms with van der Waals surface area (Å²) in [6.45, 7) is 6.33. The van der Waals surface area contributed by atoms with Gasteiger partial charge in [-0.3, -0.25) is 4.79 Å². The zero-order chi connectivity index (χ0) is 20.0. The zero-order valence-electron chi connectivity index (χ0n) is 16.5. The minimum atomic E-state index is -0.101. The van der Waals surface area contributed by atoms with Gasteiger partial charge in [0.15, 0.2) is 0 Å². The molecule has 5 rings (SSSR count). The third-order valence-corrected chi connectivity index (χ3v) is 6.59. The van der Waals surface area contributed by atoms with Crippen molar-refractivity contribution in [2.24, 2.45) is 0 Å². The second-order valence-corrected chi connectivity index (χ2v) is 10.7. The predicted molar refractivity (Wildman–Crippen MR) is 114 cm³/mol. The molecule has 3 aliphatic rings. The van der Waals surface area contributed by atoms with Crippen LogP contribution in [-0.2, 0) is 5.41 Å². The molecule has 0 aliphatic heterocycles. The van der Waals surface area contributed by atoms with Crippen LogP contribution in [0.15, 0.2) is 48.5 Å². The number of nitrogens with one attached hydrogen (secondary N) is 2. The van der Waals surface area contributed by atoms with Crippen LogP contribution in [0.3, 0.4) is 0 Å². The summed E-state index contributed by atoms with van der Waals surface area (Å²) in [4.78, 5) is 13.1. The molecule has 1 amide bonds. The Morgan fingerprint density at radius 1 is 1.11 bits per heavy atom. The fourth-order valence-electron chi connectivity index (χ4n) is 4.43. The molecule has 144 valence electrons. The summed E-state index contributed by atoms with van der Waals surface area (Å²) in [6, 6.07) is 18.0. The maximum atomic E-state index is 13.1. The van der Waals surface area contributed by atoms with Gasteiger partial charge in [0.1, 0.15) is 0 Å². The first kappa shape index (κ1) is 18.9. The third-order valence-electron chi connectivity index (χ3n) is 5.66. The number of hydrogen-bond acceptors (Lipinski definition) is 4. The number of nitriles is 1. The average Bonchev–Trinajstić information content (AvgIpc) is 2.61. The molecule has 0 aromatic heterocycles. The van der Waals surface area contributed by atoms with Crippen molar-refractivity contribution in [3.8, 4) is 6.07 Å². The van der Waals surface area contributed by atoms with E-state index in [1.807, 2.05) is 12.1 Å². The van der Waals surface area contributed by atoms with Crippen LogP contribution in [0.1, 0.15) is 61.5 Å². The van der Waals surface area contributed by atoms with Gasteiger partial charge in [-0.15, -0.1) is 0 Å². The topological polar surface area (TPSA) is 64.9 Å². The smallest absolute Gasteiger partial charge is 0.253 e.